The first-order chi connectivity index (χ1) is 6.55. The van der Waals surface area contributed by atoms with Gasteiger partial charge < -0.3 is 0 Å². The molecule has 0 amide bonds. The number of hydrogen-bond donors (Lipinski definition) is 0. The van der Waals surface area contributed by atoms with Gasteiger partial charge >= 0.3 is 0 Å². The Kier molecular flexibility index (Phi) is 5.63. The molecule has 1 atom stereocenters. The van der Waals surface area contributed by atoms with Gasteiger partial charge in [0.25, 0.3) is 5.92 Å². The van der Waals surface area contributed by atoms with Gasteiger partial charge in [0.1, 0.15) is 0 Å². The van der Waals surface area contributed by atoms with Crippen LogP contribution in [0.15, 0.2) is 0 Å². The molecule has 1 fully saturated rings. The SMILES string of the molecule is CC.CC1CC(F)(F)CCN1CC#N. The third kappa shape index (κ3) is 4.01. The molecule has 82 valence electrons. The zero-order valence-electron chi connectivity index (χ0n) is 9.06. The highest BCUT2D eigenvalue weighted by molar-refractivity contribution is 4.88. The highest BCUT2D eigenvalue weighted by Gasteiger charge is 2.37. The van der Waals surface area contributed by atoms with Gasteiger partial charge in [0, 0.05) is 25.4 Å². The van der Waals surface area contributed by atoms with E-state index < -0.39 is 5.92 Å². The second-order valence-electron chi connectivity index (χ2n) is 3.29. The molecule has 2 nitrogen and oxygen atoms in total. The fourth-order valence-electron chi connectivity index (χ4n) is 1.52. The van der Waals surface area contributed by atoms with Gasteiger partial charge in [0.2, 0.25) is 0 Å². The van der Waals surface area contributed by atoms with Crippen LogP contribution >= 0.6 is 0 Å². The fourth-order valence-corrected chi connectivity index (χ4v) is 1.52. The van der Waals surface area contributed by atoms with E-state index in [4.69, 9.17) is 5.26 Å². The number of rotatable bonds is 1. The Morgan fingerprint density at radius 1 is 1.50 bits per heavy atom. The maximum Gasteiger partial charge on any atom is 0.250 e. The van der Waals surface area contributed by atoms with Gasteiger partial charge in [-0.25, -0.2) is 8.78 Å². The van der Waals surface area contributed by atoms with E-state index in [1.807, 2.05) is 19.9 Å². The summed E-state index contributed by atoms with van der Waals surface area (Å²) in [4.78, 5) is 1.79. The summed E-state index contributed by atoms with van der Waals surface area (Å²) in [5, 5.41) is 8.39. The van der Waals surface area contributed by atoms with Gasteiger partial charge in [-0.15, -0.1) is 0 Å². The molecule has 0 saturated carbocycles. The number of hydrogen-bond acceptors (Lipinski definition) is 2. The Morgan fingerprint density at radius 3 is 2.50 bits per heavy atom. The van der Waals surface area contributed by atoms with Crippen molar-refractivity contribution in [3.05, 3.63) is 0 Å². The average Bonchev–Trinajstić information content (AvgIpc) is 2.13. The third-order valence-corrected chi connectivity index (χ3v) is 2.26. The normalized spacial score (nSPS) is 25.9. The highest BCUT2D eigenvalue weighted by Crippen LogP contribution is 2.31. The van der Waals surface area contributed by atoms with Crippen molar-refractivity contribution in [3.63, 3.8) is 0 Å². The van der Waals surface area contributed by atoms with E-state index in [-0.39, 0.29) is 25.4 Å². The van der Waals surface area contributed by atoms with Crippen molar-refractivity contribution in [2.45, 2.75) is 45.6 Å². The Balaban J connectivity index is 0.000000791. The van der Waals surface area contributed by atoms with E-state index in [1.165, 1.54) is 0 Å². The summed E-state index contributed by atoms with van der Waals surface area (Å²) >= 11 is 0. The monoisotopic (exact) mass is 204 g/mol. The molecule has 0 spiro atoms. The van der Waals surface area contributed by atoms with Gasteiger partial charge in [0.15, 0.2) is 0 Å². The van der Waals surface area contributed by atoms with Crippen LogP contribution in [-0.2, 0) is 0 Å². The Morgan fingerprint density at radius 2 is 2.07 bits per heavy atom. The lowest BCUT2D eigenvalue weighted by Crippen LogP contribution is -2.45. The predicted molar refractivity (Wildman–Crippen MR) is 52.2 cm³/mol. The second-order valence-corrected chi connectivity index (χ2v) is 3.29. The zero-order valence-corrected chi connectivity index (χ0v) is 9.06. The summed E-state index contributed by atoms with van der Waals surface area (Å²) in [5.41, 5.74) is 0. The lowest BCUT2D eigenvalue weighted by Gasteiger charge is -2.35. The van der Waals surface area contributed by atoms with E-state index in [0.29, 0.717) is 6.54 Å². The Hall–Kier alpha value is -0.690. The van der Waals surface area contributed by atoms with Gasteiger partial charge in [0.05, 0.1) is 12.6 Å². The summed E-state index contributed by atoms with van der Waals surface area (Å²) < 4.78 is 25.5. The molecular weight excluding hydrogens is 186 g/mol. The topological polar surface area (TPSA) is 27.0 Å². The van der Waals surface area contributed by atoms with Gasteiger partial charge in [-0.2, -0.15) is 5.26 Å². The van der Waals surface area contributed by atoms with Crippen molar-refractivity contribution in [2.75, 3.05) is 13.1 Å². The van der Waals surface area contributed by atoms with E-state index in [2.05, 4.69) is 0 Å². The molecule has 0 bridgehead atoms. The van der Waals surface area contributed by atoms with Crippen molar-refractivity contribution < 1.29 is 8.78 Å². The van der Waals surface area contributed by atoms with Gasteiger partial charge in [-0.1, -0.05) is 13.8 Å². The van der Waals surface area contributed by atoms with E-state index >= 15 is 0 Å². The minimum atomic E-state index is -2.52. The molecule has 4 heteroatoms. The lowest BCUT2D eigenvalue weighted by molar-refractivity contribution is -0.0716. The maximum atomic E-state index is 12.8. The van der Waals surface area contributed by atoms with Crippen LogP contribution in [0.2, 0.25) is 0 Å². The molecule has 0 aromatic carbocycles. The number of nitriles is 1. The standard InChI is InChI=1S/C8H12F2N2.C2H6/c1-7-6-8(9,10)2-4-12(7)5-3-11;1-2/h7H,2,4-6H2,1H3;1-2H3. The van der Waals surface area contributed by atoms with Gasteiger partial charge in [-0.3, -0.25) is 4.90 Å². The largest absolute Gasteiger partial charge is 0.287 e. The summed E-state index contributed by atoms with van der Waals surface area (Å²) in [6.07, 6.45) is -0.228. The summed E-state index contributed by atoms with van der Waals surface area (Å²) in [7, 11) is 0. The van der Waals surface area contributed by atoms with Crippen LogP contribution in [0.25, 0.3) is 0 Å². The Labute approximate surface area is 84.5 Å². The predicted octanol–water partition coefficient (Wildman–Crippen LogP) is 2.66. The van der Waals surface area contributed by atoms with Crippen LogP contribution in [-0.4, -0.2) is 30.0 Å². The highest BCUT2D eigenvalue weighted by atomic mass is 19.3. The maximum absolute atomic E-state index is 12.8. The van der Waals surface area contributed by atoms with Crippen LogP contribution < -0.4 is 0 Å². The van der Waals surface area contributed by atoms with Crippen molar-refractivity contribution >= 4 is 0 Å². The molecule has 1 aliphatic rings. The fraction of sp³-hybridized carbons (Fsp3) is 0.900. The molecule has 1 rings (SSSR count). The number of likely N-dealkylation sites (tertiary alicyclic amines) is 1. The molecule has 0 aliphatic carbocycles. The van der Waals surface area contributed by atoms with Crippen molar-refractivity contribution in [1.82, 2.24) is 4.90 Å². The molecule has 0 aromatic rings. The number of alkyl halides is 2. The smallest absolute Gasteiger partial charge is 0.250 e. The quantitative estimate of drug-likeness (QED) is 0.614. The zero-order chi connectivity index (χ0) is 11.2. The van der Waals surface area contributed by atoms with E-state index in [0.717, 1.165) is 0 Å². The summed E-state index contributed by atoms with van der Waals surface area (Å²) in [6.45, 7) is 6.34. The average molecular weight is 204 g/mol. The molecule has 0 radical (unpaired) electrons. The first kappa shape index (κ1) is 13.3. The van der Waals surface area contributed by atoms with Crippen LogP contribution in [0, 0.1) is 11.3 Å². The molecule has 14 heavy (non-hydrogen) atoms. The van der Waals surface area contributed by atoms with Crippen LogP contribution in [0.5, 0.6) is 0 Å². The van der Waals surface area contributed by atoms with Crippen LogP contribution in [0.4, 0.5) is 8.78 Å². The minimum absolute atomic E-state index is 0.112. The number of nitrogens with zero attached hydrogens (tertiary/aromatic N) is 2. The van der Waals surface area contributed by atoms with Crippen LogP contribution in [0.3, 0.4) is 0 Å². The van der Waals surface area contributed by atoms with E-state index in [1.54, 1.807) is 11.8 Å². The molecule has 1 saturated heterocycles. The molecular formula is C10H18F2N2. The first-order valence-corrected chi connectivity index (χ1v) is 5.04. The molecule has 0 N–H and O–H groups in total. The van der Waals surface area contributed by atoms with Crippen molar-refractivity contribution in [3.8, 4) is 6.07 Å². The first-order valence-electron chi connectivity index (χ1n) is 5.04. The molecule has 1 heterocycles. The molecule has 1 aliphatic heterocycles. The Bertz CT molecular complexity index is 199. The van der Waals surface area contributed by atoms with Crippen LogP contribution in [0.1, 0.15) is 33.6 Å². The molecule has 0 aromatic heterocycles. The number of halogens is 2. The summed E-state index contributed by atoms with van der Waals surface area (Å²) in [6, 6.07) is 1.80. The molecule has 1 unspecified atom stereocenters. The van der Waals surface area contributed by atoms with E-state index in [9.17, 15) is 8.78 Å². The number of piperidine rings is 1. The summed E-state index contributed by atoms with van der Waals surface area (Å²) in [5.74, 6) is -2.52. The van der Waals surface area contributed by atoms with Crippen molar-refractivity contribution in [2.24, 2.45) is 0 Å². The van der Waals surface area contributed by atoms with Crippen molar-refractivity contribution in [1.29, 1.82) is 5.26 Å². The minimum Gasteiger partial charge on any atom is -0.287 e. The lowest BCUT2D eigenvalue weighted by atomic mass is 10.00. The second kappa shape index (κ2) is 5.92. The third-order valence-electron chi connectivity index (χ3n) is 2.26. The van der Waals surface area contributed by atoms with Gasteiger partial charge in [-0.05, 0) is 6.92 Å².